The largest absolute Gasteiger partial charge is 0.306 e. The molecule has 4 heteroatoms. The molecule has 0 aromatic heterocycles. The number of allylic oxidation sites excluding steroid dienone is 2. The Hall–Kier alpha value is -0.800. The van der Waals surface area contributed by atoms with Gasteiger partial charge in [-0.15, -0.1) is 0 Å². The lowest BCUT2D eigenvalue weighted by Crippen LogP contribution is -1.76. The standard InChI is InChI=1S/C5H4F4/c1-3(2-6)4(7)5(8)9/h2H,1H3. The molecule has 0 atom stereocenters. The Balaban J connectivity index is 4.40. The third kappa shape index (κ3) is 2.30. The van der Waals surface area contributed by atoms with Gasteiger partial charge in [-0.2, -0.15) is 8.78 Å². The van der Waals surface area contributed by atoms with Crippen LogP contribution in [0.3, 0.4) is 0 Å². The van der Waals surface area contributed by atoms with Crippen molar-refractivity contribution in [1.82, 2.24) is 0 Å². The molecule has 0 aromatic carbocycles. The Morgan fingerprint density at radius 3 is 1.78 bits per heavy atom. The normalized spacial score (nSPS) is 11.4. The van der Waals surface area contributed by atoms with E-state index in [9.17, 15) is 17.6 Å². The summed E-state index contributed by atoms with van der Waals surface area (Å²) < 4.78 is 45.3. The lowest BCUT2D eigenvalue weighted by molar-refractivity contribution is 0.383. The van der Waals surface area contributed by atoms with Crippen molar-refractivity contribution in [3.05, 3.63) is 23.8 Å². The summed E-state index contributed by atoms with van der Waals surface area (Å²) >= 11 is 0. The van der Waals surface area contributed by atoms with Crippen molar-refractivity contribution >= 4 is 0 Å². The van der Waals surface area contributed by atoms with Gasteiger partial charge in [-0.25, -0.2) is 8.78 Å². The monoisotopic (exact) mass is 140 g/mol. The highest BCUT2D eigenvalue weighted by Crippen LogP contribution is 2.17. The van der Waals surface area contributed by atoms with Gasteiger partial charge in [-0.3, -0.25) is 0 Å². The van der Waals surface area contributed by atoms with Gasteiger partial charge >= 0.3 is 6.08 Å². The van der Waals surface area contributed by atoms with Crippen molar-refractivity contribution < 1.29 is 17.6 Å². The molecule has 0 spiro atoms. The third-order valence-electron chi connectivity index (χ3n) is 0.676. The van der Waals surface area contributed by atoms with E-state index in [2.05, 4.69) is 0 Å². The van der Waals surface area contributed by atoms with E-state index in [1.54, 1.807) is 0 Å². The molecule has 0 heterocycles. The van der Waals surface area contributed by atoms with Crippen LogP contribution in [0.4, 0.5) is 17.6 Å². The summed E-state index contributed by atoms with van der Waals surface area (Å²) in [5.74, 6) is -1.79. The fourth-order valence-electron chi connectivity index (χ4n) is 0.197. The predicted octanol–water partition coefficient (Wildman–Crippen LogP) is 2.94. The molecule has 0 rings (SSSR count). The first kappa shape index (κ1) is 8.20. The molecule has 0 N–H and O–H groups in total. The van der Waals surface area contributed by atoms with Crippen molar-refractivity contribution in [2.45, 2.75) is 6.92 Å². The molecule has 0 saturated carbocycles. The van der Waals surface area contributed by atoms with Crippen LogP contribution in [0.2, 0.25) is 0 Å². The number of rotatable bonds is 1. The zero-order valence-corrected chi connectivity index (χ0v) is 4.59. The van der Waals surface area contributed by atoms with Gasteiger partial charge in [-0.05, 0) is 6.92 Å². The Bertz CT molecular complexity index is 152. The molecular weight excluding hydrogens is 136 g/mol. The van der Waals surface area contributed by atoms with Crippen molar-refractivity contribution in [2.75, 3.05) is 0 Å². The van der Waals surface area contributed by atoms with Gasteiger partial charge in [-0.1, -0.05) is 0 Å². The van der Waals surface area contributed by atoms with Crippen molar-refractivity contribution in [3.63, 3.8) is 0 Å². The van der Waals surface area contributed by atoms with Crippen LogP contribution in [-0.2, 0) is 0 Å². The zero-order valence-electron chi connectivity index (χ0n) is 4.59. The molecule has 52 valence electrons. The molecule has 9 heavy (non-hydrogen) atoms. The van der Waals surface area contributed by atoms with Crippen LogP contribution in [0, 0.1) is 0 Å². The highest BCUT2D eigenvalue weighted by molar-refractivity contribution is 5.20. The van der Waals surface area contributed by atoms with Crippen LogP contribution < -0.4 is 0 Å². The number of halogens is 4. The maximum absolute atomic E-state index is 11.7. The first-order chi connectivity index (χ1) is 4.09. The first-order valence-electron chi connectivity index (χ1n) is 2.07. The van der Waals surface area contributed by atoms with Crippen LogP contribution in [0.1, 0.15) is 6.92 Å². The number of hydrogen-bond donors (Lipinski definition) is 0. The first-order valence-corrected chi connectivity index (χ1v) is 2.07. The minimum absolute atomic E-state index is 0.214. The van der Waals surface area contributed by atoms with Gasteiger partial charge in [0.2, 0.25) is 0 Å². The van der Waals surface area contributed by atoms with E-state index in [-0.39, 0.29) is 6.33 Å². The zero-order chi connectivity index (χ0) is 7.44. The van der Waals surface area contributed by atoms with Gasteiger partial charge in [0.05, 0.1) is 6.33 Å². The van der Waals surface area contributed by atoms with Gasteiger partial charge < -0.3 is 0 Å². The highest BCUT2D eigenvalue weighted by atomic mass is 19.3. The Morgan fingerprint density at radius 2 is 1.67 bits per heavy atom. The summed E-state index contributed by atoms with van der Waals surface area (Å²) in [7, 11) is 0. The maximum Gasteiger partial charge on any atom is 0.306 e. The van der Waals surface area contributed by atoms with Crippen LogP contribution in [0.25, 0.3) is 0 Å². The summed E-state index contributed by atoms with van der Waals surface area (Å²) in [4.78, 5) is 0. The van der Waals surface area contributed by atoms with E-state index in [0.717, 1.165) is 6.92 Å². The van der Waals surface area contributed by atoms with E-state index in [0.29, 0.717) is 0 Å². The average Bonchev–Trinajstić information content (AvgIpc) is 1.84. The van der Waals surface area contributed by atoms with E-state index in [1.807, 2.05) is 0 Å². The van der Waals surface area contributed by atoms with Crippen molar-refractivity contribution in [1.29, 1.82) is 0 Å². The van der Waals surface area contributed by atoms with E-state index >= 15 is 0 Å². The lowest BCUT2D eigenvalue weighted by atomic mass is 10.3. The molecule has 0 bridgehead atoms. The third-order valence-corrected chi connectivity index (χ3v) is 0.676. The molecule has 0 unspecified atom stereocenters. The minimum atomic E-state index is -2.50. The fraction of sp³-hybridized carbons (Fsp3) is 0.200. The summed E-state index contributed by atoms with van der Waals surface area (Å²) in [5.41, 5.74) is -0.699. The molecule has 0 aliphatic rings. The van der Waals surface area contributed by atoms with Crippen LogP contribution in [0.5, 0.6) is 0 Å². The molecule has 0 fully saturated rings. The maximum atomic E-state index is 11.7. The molecule has 0 aromatic rings. The minimum Gasteiger partial charge on any atom is -0.215 e. The van der Waals surface area contributed by atoms with Gasteiger partial charge in [0, 0.05) is 5.57 Å². The fourth-order valence-corrected chi connectivity index (χ4v) is 0.197. The molecule has 0 radical (unpaired) electrons. The van der Waals surface area contributed by atoms with E-state index in [4.69, 9.17) is 0 Å². The predicted molar refractivity (Wildman–Crippen MR) is 25.2 cm³/mol. The molecule has 0 aliphatic carbocycles. The second-order valence-electron chi connectivity index (χ2n) is 1.37. The summed E-state index contributed by atoms with van der Waals surface area (Å²) in [6, 6.07) is 0. The average molecular weight is 140 g/mol. The molecule has 0 aliphatic heterocycles. The Morgan fingerprint density at radius 1 is 1.22 bits per heavy atom. The van der Waals surface area contributed by atoms with E-state index in [1.165, 1.54) is 0 Å². The molecular formula is C5H4F4. The molecule has 0 nitrogen and oxygen atoms in total. The Kier molecular flexibility index (Phi) is 2.98. The SMILES string of the molecule is CC(=CF)C(F)=C(F)F. The van der Waals surface area contributed by atoms with Gasteiger partial charge in [0.1, 0.15) is 0 Å². The quantitative estimate of drug-likeness (QED) is 0.388. The van der Waals surface area contributed by atoms with Gasteiger partial charge in [0.15, 0.2) is 5.83 Å². The second-order valence-corrected chi connectivity index (χ2v) is 1.37. The number of hydrogen-bond acceptors (Lipinski definition) is 0. The van der Waals surface area contributed by atoms with Crippen molar-refractivity contribution in [3.8, 4) is 0 Å². The second kappa shape index (κ2) is 3.27. The summed E-state index contributed by atoms with van der Waals surface area (Å²) in [6.45, 7) is 0.911. The Labute approximate surface area is 49.5 Å². The summed E-state index contributed by atoms with van der Waals surface area (Å²) in [5, 5.41) is 0. The lowest BCUT2D eigenvalue weighted by Gasteiger charge is -1.88. The molecule has 0 amide bonds. The van der Waals surface area contributed by atoms with Crippen molar-refractivity contribution in [2.24, 2.45) is 0 Å². The van der Waals surface area contributed by atoms with Crippen LogP contribution >= 0.6 is 0 Å². The van der Waals surface area contributed by atoms with E-state index < -0.39 is 17.5 Å². The topological polar surface area (TPSA) is 0 Å². The van der Waals surface area contributed by atoms with Gasteiger partial charge in [0.25, 0.3) is 0 Å². The van der Waals surface area contributed by atoms with Crippen LogP contribution in [0.15, 0.2) is 23.8 Å². The van der Waals surface area contributed by atoms with Crippen LogP contribution in [-0.4, -0.2) is 0 Å². The smallest absolute Gasteiger partial charge is 0.215 e. The highest BCUT2D eigenvalue weighted by Gasteiger charge is 2.05. The summed E-state index contributed by atoms with van der Waals surface area (Å²) in [6.07, 6.45) is -2.71. The molecule has 0 saturated heterocycles.